The Balaban J connectivity index is 1.42. The zero-order valence-electron chi connectivity index (χ0n) is 23.9. The highest BCUT2D eigenvalue weighted by Gasteiger charge is 2.39. The van der Waals surface area contributed by atoms with Gasteiger partial charge in [-0.3, -0.25) is 14.4 Å². The second kappa shape index (κ2) is 13.5. The van der Waals surface area contributed by atoms with Crippen molar-refractivity contribution in [1.82, 2.24) is 20.5 Å². The summed E-state index contributed by atoms with van der Waals surface area (Å²) in [5, 5.41) is 25.6. The molecular weight excluding hydrogens is 538 g/mol. The van der Waals surface area contributed by atoms with Crippen LogP contribution >= 0.6 is 0 Å². The highest BCUT2D eigenvalue weighted by Crippen LogP contribution is 2.23. The van der Waals surface area contributed by atoms with Gasteiger partial charge in [-0.2, -0.15) is 0 Å². The molecule has 1 aliphatic rings. The number of carbonyl (C=O) groups excluding carboxylic acids is 3. The van der Waals surface area contributed by atoms with E-state index >= 15 is 0 Å². The number of fused-ring (bicyclic) bond motifs is 1. The van der Waals surface area contributed by atoms with Crippen LogP contribution < -0.4 is 16.4 Å². The van der Waals surface area contributed by atoms with Gasteiger partial charge in [-0.05, 0) is 54.5 Å². The van der Waals surface area contributed by atoms with Crippen LogP contribution in [0.3, 0.4) is 0 Å². The maximum Gasteiger partial charge on any atom is 0.326 e. The monoisotopic (exact) mass is 577 g/mol. The molecule has 0 spiro atoms. The first kappa shape index (κ1) is 30.6. The van der Waals surface area contributed by atoms with Gasteiger partial charge in [-0.25, -0.2) is 4.79 Å². The Kier molecular flexibility index (Phi) is 9.84. The molecule has 3 amide bonds. The predicted octanol–water partition coefficient (Wildman–Crippen LogP) is 2.08. The van der Waals surface area contributed by atoms with Crippen LogP contribution in [-0.4, -0.2) is 74.5 Å². The Labute approximate surface area is 244 Å². The highest BCUT2D eigenvalue weighted by atomic mass is 16.4. The zero-order valence-corrected chi connectivity index (χ0v) is 23.9. The number of para-hydroxylation sites is 1. The number of H-pyrrole nitrogens is 1. The largest absolute Gasteiger partial charge is 0.508 e. The lowest BCUT2D eigenvalue weighted by atomic mass is 9.96. The normalized spacial score (nSPS) is 17.8. The van der Waals surface area contributed by atoms with Crippen LogP contribution in [0.15, 0.2) is 54.7 Å². The number of nitrogens with two attached hydrogens (primary N) is 1. The third kappa shape index (κ3) is 7.09. The van der Waals surface area contributed by atoms with E-state index in [1.54, 1.807) is 19.1 Å². The van der Waals surface area contributed by atoms with Gasteiger partial charge in [0, 0.05) is 30.1 Å². The Bertz CT molecular complexity index is 1420. The van der Waals surface area contributed by atoms with Gasteiger partial charge in [0.15, 0.2) is 0 Å². The van der Waals surface area contributed by atoms with Gasteiger partial charge >= 0.3 is 5.97 Å². The molecule has 11 nitrogen and oxygen atoms in total. The lowest BCUT2D eigenvalue weighted by Crippen LogP contribution is -2.58. The van der Waals surface area contributed by atoms with Crippen molar-refractivity contribution in [3.63, 3.8) is 0 Å². The Morgan fingerprint density at radius 3 is 2.48 bits per heavy atom. The molecular formula is C31H39N5O6. The molecule has 1 fully saturated rings. The summed E-state index contributed by atoms with van der Waals surface area (Å²) < 4.78 is 0. The maximum absolute atomic E-state index is 13.5. The maximum atomic E-state index is 13.5. The van der Waals surface area contributed by atoms with Crippen molar-refractivity contribution in [2.45, 2.75) is 70.1 Å². The van der Waals surface area contributed by atoms with Crippen molar-refractivity contribution in [1.29, 1.82) is 0 Å². The van der Waals surface area contributed by atoms with Gasteiger partial charge in [0.25, 0.3) is 0 Å². The number of aliphatic carboxylic acids is 1. The topological polar surface area (TPSA) is 178 Å². The number of aromatic hydroxyl groups is 1. The molecule has 4 rings (SSSR count). The lowest BCUT2D eigenvalue weighted by Gasteiger charge is -2.30. The molecule has 11 heteroatoms. The number of nitrogens with one attached hydrogen (secondary N) is 3. The molecule has 224 valence electrons. The number of rotatable bonds is 12. The van der Waals surface area contributed by atoms with Crippen molar-refractivity contribution < 1.29 is 29.4 Å². The second-order valence-electron chi connectivity index (χ2n) is 11.0. The Morgan fingerprint density at radius 2 is 1.79 bits per heavy atom. The van der Waals surface area contributed by atoms with Crippen molar-refractivity contribution in [3.8, 4) is 5.75 Å². The molecule has 0 radical (unpaired) electrons. The fourth-order valence-electron chi connectivity index (χ4n) is 5.42. The summed E-state index contributed by atoms with van der Waals surface area (Å²) in [6, 6.07) is 9.95. The number of carbonyl (C=O) groups is 4. The quantitative estimate of drug-likeness (QED) is 0.191. The number of aromatic nitrogens is 1. The van der Waals surface area contributed by atoms with Crippen molar-refractivity contribution in [3.05, 3.63) is 65.9 Å². The number of benzene rings is 2. The number of nitrogens with zero attached hydrogens (tertiary/aromatic N) is 1. The molecule has 7 N–H and O–H groups in total. The van der Waals surface area contributed by atoms with E-state index < -0.39 is 42.0 Å². The number of hydrogen-bond donors (Lipinski definition) is 6. The number of carboxylic acids is 1. The number of hydrogen-bond acceptors (Lipinski definition) is 6. The SMILES string of the molecule is CCC(C)C(NC(=O)C1CCCN1C(=O)C(N)Cc1c[nH]c2ccccc12)C(=O)NC(Cc1ccc(O)cc1)C(=O)O. The van der Waals surface area contributed by atoms with Gasteiger partial charge in [-0.15, -0.1) is 0 Å². The van der Waals surface area contributed by atoms with E-state index in [9.17, 15) is 29.4 Å². The molecule has 5 atom stereocenters. The minimum absolute atomic E-state index is 0.00173. The smallest absolute Gasteiger partial charge is 0.326 e. The second-order valence-corrected chi connectivity index (χ2v) is 11.0. The van der Waals surface area contributed by atoms with Crippen molar-refractivity contribution >= 4 is 34.6 Å². The minimum Gasteiger partial charge on any atom is -0.508 e. The fraction of sp³-hybridized carbons (Fsp3) is 0.419. The summed E-state index contributed by atoms with van der Waals surface area (Å²) in [6.45, 7) is 4.05. The first-order valence-corrected chi connectivity index (χ1v) is 14.3. The van der Waals surface area contributed by atoms with Crippen LogP contribution in [0.25, 0.3) is 10.9 Å². The van der Waals surface area contributed by atoms with E-state index in [0.717, 1.165) is 16.5 Å². The first-order chi connectivity index (χ1) is 20.1. The van der Waals surface area contributed by atoms with E-state index in [4.69, 9.17) is 5.73 Å². The predicted molar refractivity (Wildman–Crippen MR) is 157 cm³/mol. The standard InChI is InChI=1S/C31H39N5O6/c1-3-18(2)27(29(39)34-25(31(41)42)15-19-10-12-21(37)13-11-19)35-28(38)26-9-6-14-36(26)30(40)23(32)16-20-17-33-24-8-5-4-7-22(20)24/h4-5,7-8,10-13,17-18,23,25-27,33,37H,3,6,9,14-16,32H2,1-2H3,(H,34,39)(H,35,38)(H,41,42). The summed E-state index contributed by atoms with van der Waals surface area (Å²) in [6.07, 6.45) is 3.76. The Morgan fingerprint density at radius 1 is 1.07 bits per heavy atom. The lowest BCUT2D eigenvalue weighted by molar-refractivity contribution is -0.143. The summed E-state index contributed by atoms with van der Waals surface area (Å²) in [5.41, 5.74) is 8.83. The molecule has 0 bridgehead atoms. The summed E-state index contributed by atoms with van der Waals surface area (Å²) in [4.78, 5) is 56.8. The summed E-state index contributed by atoms with van der Waals surface area (Å²) in [7, 11) is 0. The summed E-state index contributed by atoms with van der Waals surface area (Å²) in [5.74, 6) is -2.88. The third-order valence-electron chi connectivity index (χ3n) is 8.05. The van der Waals surface area contributed by atoms with Crippen LogP contribution in [0.1, 0.15) is 44.2 Å². The minimum atomic E-state index is -1.24. The summed E-state index contributed by atoms with van der Waals surface area (Å²) >= 11 is 0. The number of carboxylic acid groups (broad SMARTS) is 1. The van der Waals surface area contributed by atoms with Crippen LogP contribution in [0.2, 0.25) is 0 Å². The molecule has 5 unspecified atom stereocenters. The number of likely N-dealkylation sites (tertiary alicyclic amines) is 1. The zero-order chi connectivity index (χ0) is 30.4. The van der Waals surface area contributed by atoms with E-state index in [2.05, 4.69) is 15.6 Å². The van der Waals surface area contributed by atoms with E-state index in [1.165, 1.54) is 17.0 Å². The first-order valence-electron chi connectivity index (χ1n) is 14.3. The number of aromatic amines is 1. The van der Waals surface area contributed by atoms with Crippen LogP contribution in [0.4, 0.5) is 0 Å². The van der Waals surface area contributed by atoms with Gasteiger partial charge in [-0.1, -0.05) is 50.6 Å². The number of phenols is 1. The molecule has 0 aliphatic carbocycles. The van der Waals surface area contributed by atoms with Gasteiger partial charge in [0.1, 0.15) is 23.9 Å². The highest BCUT2D eigenvalue weighted by molar-refractivity contribution is 5.95. The van der Waals surface area contributed by atoms with Crippen LogP contribution in [-0.2, 0) is 32.0 Å². The molecule has 2 aromatic carbocycles. The average molecular weight is 578 g/mol. The molecule has 1 aliphatic heterocycles. The number of amides is 3. The van der Waals surface area contributed by atoms with E-state index in [0.29, 0.717) is 37.8 Å². The molecule has 1 saturated heterocycles. The van der Waals surface area contributed by atoms with E-state index in [-0.39, 0.29) is 24.0 Å². The fourth-order valence-corrected chi connectivity index (χ4v) is 5.42. The number of phenolic OH excluding ortho intramolecular Hbond substituents is 1. The van der Waals surface area contributed by atoms with Crippen LogP contribution in [0, 0.1) is 5.92 Å². The van der Waals surface area contributed by atoms with Gasteiger partial charge in [0.05, 0.1) is 6.04 Å². The molecule has 2 heterocycles. The average Bonchev–Trinajstić information content (AvgIpc) is 3.63. The molecule has 0 saturated carbocycles. The molecule has 1 aromatic heterocycles. The molecule has 3 aromatic rings. The van der Waals surface area contributed by atoms with Crippen LogP contribution in [0.5, 0.6) is 5.75 Å². The Hall–Kier alpha value is -4.38. The van der Waals surface area contributed by atoms with Crippen molar-refractivity contribution in [2.75, 3.05) is 6.54 Å². The van der Waals surface area contributed by atoms with Gasteiger partial charge < -0.3 is 36.5 Å². The van der Waals surface area contributed by atoms with Crippen molar-refractivity contribution in [2.24, 2.45) is 11.7 Å². The third-order valence-corrected chi connectivity index (χ3v) is 8.05. The van der Waals surface area contributed by atoms with E-state index in [1.807, 2.05) is 37.4 Å². The molecule has 42 heavy (non-hydrogen) atoms. The van der Waals surface area contributed by atoms with Gasteiger partial charge in [0.2, 0.25) is 17.7 Å².